The fourth-order valence-electron chi connectivity index (χ4n) is 3.94. The summed E-state index contributed by atoms with van der Waals surface area (Å²) in [5, 5.41) is 21.4. The Morgan fingerprint density at radius 1 is 0.697 bits per heavy atom. The highest BCUT2D eigenvalue weighted by Gasteiger charge is 2.56. The summed E-state index contributed by atoms with van der Waals surface area (Å²) in [7, 11) is 0. The highest BCUT2D eigenvalue weighted by Crippen LogP contribution is 2.35. The molecule has 1 aliphatic heterocycles. The molecule has 4 atom stereocenters. The zero-order valence-electron chi connectivity index (χ0n) is 18.5. The van der Waals surface area contributed by atoms with E-state index in [1.807, 2.05) is 91.0 Å². The summed E-state index contributed by atoms with van der Waals surface area (Å²) in [5.41, 5.74) is 2.92. The van der Waals surface area contributed by atoms with E-state index in [1.54, 1.807) is 0 Å². The molecular formula is C27H30O6. The van der Waals surface area contributed by atoms with Gasteiger partial charge in [-0.3, -0.25) is 0 Å². The molecule has 6 nitrogen and oxygen atoms in total. The number of hydrogen-bond donors (Lipinski definition) is 2. The maximum absolute atomic E-state index is 11.4. The molecule has 1 heterocycles. The average molecular weight is 451 g/mol. The van der Waals surface area contributed by atoms with Crippen LogP contribution in [0.1, 0.15) is 16.7 Å². The van der Waals surface area contributed by atoms with Crippen LogP contribution in [0.25, 0.3) is 0 Å². The molecule has 3 aromatic carbocycles. The molecule has 0 unspecified atom stereocenters. The Labute approximate surface area is 194 Å². The van der Waals surface area contributed by atoms with Crippen molar-refractivity contribution in [2.45, 2.75) is 43.9 Å². The van der Waals surface area contributed by atoms with Crippen LogP contribution in [0.5, 0.6) is 0 Å². The second-order valence-corrected chi connectivity index (χ2v) is 8.14. The van der Waals surface area contributed by atoms with E-state index in [9.17, 15) is 10.2 Å². The first-order chi connectivity index (χ1) is 16.2. The lowest BCUT2D eigenvalue weighted by atomic mass is 10.0. The molecule has 6 heteroatoms. The Bertz CT molecular complexity index is 952. The van der Waals surface area contributed by atoms with E-state index >= 15 is 0 Å². The quantitative estimate of drug-likeness (QED) is 0.466. The van der Waals surface area contributed by atoms with Crippen LogP contribution < -0.4 is 0 Å². The van der Waals surface area contributed by atoms with Crippen molar-refractivity contribution < 1.29 is 29.2 Å². The minimum absolute atomic E-state index is 0.122. The minimum atomic E-state index is -1.77. The summed E-state index contributed by atoms with van der Waals surface area (Å²) < 4.78 is 23.9. The summed E-state index contributed by atoms with van der Waals surface area (Å²) in [6.45, 7) is 0.447. The van der Waals surface area contributed by atoms with Gasteiger partial charge in [-0.25, -0.2) is 0 Å². The van der Waals surface area contributed by atoms with Gasteiger partial charge in [-0.2, -0.15) is 0 Å². The minimum Gasteiger partial charge on any atom is -0.394 e. The standard InChI is InChI=1S/C27H30O6/c28-16-24-25(31-18-22-12-6-2-7-13-22)26(32-19-23-14-8-3-9-15-23)27(29,33-24)20-30-17-21-10-4-1-5-11-21/h1-15,24-26,28-29H,16-20H2/t24-,25-,26+,27-/m1/s1. The molecule has 0 saturated carbocycles. The van der Waals surface area contributed by atoms with Crippen LogP contribution in [0.3, 0.4) is 0 Å². The second-order valence-electron chi connectivity index (χ2n) is 8.14. The molecule has 174 valence electrons. The molecule has 1 fully saturated rings. The third kappa shape index (κ3) is 6.26. The third-order valence-electron chi connectivity index (χ3n) is 5.62. The lowest BCUT2D eigenvalue weighted by Crippen LogP contribution is -2.49. The number of aliphatic hydroxyl groups is 2. The molecule has 0 aliphatic carbocycles. The van der Waals surface area contributed by atoms with E-state index in [2.05, 4.69) is 0 Å². The fourth-order valence-corrected chi connectivity index (χ4v) is 3.94. The molecule has 0 amide bonds. The van der Waals surface area contributed by atoms with Gasteiger partial charge < -0.3 is 29.2 Å². The lowest BCUT2D eigenvalue weighted by molar-refractivity contribution is -0.266. The summed E-state index contributed by atoms with van der Waals surface area (Å²) in [5.74, 6) is -1.77. The van der Waals surface area contributed by atoms with Crippen molar-refractivity contribution >= 4 is 0 Å². The van der Waals surface area contributed by atoms with Crippen molar-refractivity contribution in [3.63, 3.8) is 0 Å². The number of aliphatic hydroxyl groups excluding tert-OH is 1. The topological polar surface area (TPSA) is 77.4 Å². The van der Waals surface area contributed by atoms with Gasteiger partial charge in [0.05, 0.1) is 26.4 Å². The summed E-state index contributed by atoms with van der Waals surface area (Å²) in [6, 6.07) is 29.1. The molecule has 3 aromatic rings. The molecular weight excluding hydrogens is 420 g/mol. The molecule has 4 rings (SSSR count). The zero-order chi connectivity index (χ0) is 22.9. The number of ether oxygens (including phenoxy) is 4. The van der Waals surface area contributed by atoms with Crippen LogP contribution in [0.4, 0.5) is 0 Å². The maximum atomic E-state index is 11.4. The number of rotatable bonds is 11. The normalized spacial score (nSPS) is 24.7. The monoisotopic (exact) mass is 450 g/mol. The predicted octanol–water partition coefficient (Wildman–Crippen LogP) is 3.45. The Balaban J connectivity index is 1.48. The number of hydrogen-bond acceptors (Lipinski definition) is 6. The van der Waals surface area contributed by atoms with Gasteiger partial charge in [-0.1, -0.05) is 91.0 Å². The molecule has 1 aliphatic rings. The first-order valence-corrected chi connectivity index (χ1v) is 11.1. The van der Waals surface area contributed by atoms with Gasteiger partial charge in [-0.15, -0.1) is 0 Å². The van der Waals surface area contributed by atoms with Crippen molar-refractivity contribution in [3.05, 3.63) is 108 Å². The van der Waals surface area contributed by atoms with Crippen LogP contribution in [0.2, 0.25) is 0 Å². The first-order valence-electron chi connectivity index (χ1n) is 11.1. The zero-order valence-corrected chi connectivity index (χ0v) is 18.5. The van der Waals surface area contributed by atoms with Crippen molar-refractivity contribution in [1.82, 2.24) is 0 Å². The molecule has 33 heavy (non-hydrogen) atoms. The van der Waals surface area contributed by atoms with Gasteiger partial charge in [0, 0.05) is 0 Å². The smallest absolute Gasteiger partial charge is 0.219 e. The van der Waals surface area contributed by atoms with Crippen molar-refractivity contribution in [2.75, 3.05) is 13.2 Å². The van der Waals surface area contributed by atoms with Crippen molar-refractivity contribution in [3.8, 4) is 0 Å². The van der Waals surface area contributed by atoms with Gasteiger partial charge in [0.2, 0.25) is 5.79 Å². The second kappa shape index (κ2) is 11.5. The van der Waals surface area contributed by atoms with E-state index in [-0.39, 0.29) is 19.8 Å². The van der Waals surface area contributed by atoms with Crippen molar-refractivity contribution in [1.29, 1.82) is 0 Å². The van der Waals surface area contributed by atoms with Gasteiger partial charge >= 0.3 is 0 Å². The van der Waals surface area contributed by atoms with E-state index in [0.717, 1.165) is 16.7 Å². The Morgan fingerprint density at radius 3 is 1.70 bits per heavy atom. The van der Waals surface area contributed by atoms with Gasteiger partial charge in [0.25, 0.3) is 0 Å². The molecule has 0 bridgehead atoms. The van der Waals surface area contributed by atoms with Crippen LogP contribution in [0.15, 0.2) is 91.0 Å². The number of benzene rings is 3. The fraction of sp³-hybridized carbons (Fsp3) is 0.333. The third-order valence-corrected chi connectivity index (χ3v) is 5.62. The molecule has 0 spiro atoms. The molecule has 0 aromatic heterocycles. The highest BCUT2D eigenvalue weighted by atomic mass is 16.7. The van der Waals surface area contributed by atoms with Gasteiger partial charge in [0.1, 0.15) is 24.9 Å². The molecule has 0 radical (unpaired) electrons. The lowest BCUT2D eigenvalue weighted by Gasteiger charge is -2.30. The Hall–Kier alpha value is -2.58. The van der Waals surface area contributed by atoms with E-state index in [4.69, 9.17) is 18.9 Å². The Kier molecular flexibility index (Phi) is 8.23. The van der Waals surface area contributed by atoms with Gasteiger partial charge in [-0.05, 0) is 16.7 Å². The largest absolute Gasteiger partial charge is 0.394 e. The molecule has 2 N–H and O–H groups in total. The molecule has 1 saturated heterocycles. The van der Waals surface area contributed by atoms with Gasteiger partial charge in [0.15, 0.2) is 0 Å². The summed E-state index contributed by atoms with van der Waals surface area (Å²) in [6.07, 6.45) is -2.28. The average Bonchev–Trinajstić information content (AvgIpc) is 3.14. The van der Waals surface area contributed by atoms with Crippen molar-refractivity contribution in [2.24, 2.45) is 0 Å². The van der Waals surface area contributed by atoms with Crippen LogP contribution in [-0.4, -0.2) is 47.5 Å². The van der Waals surface area contributed by atoms with Crippen LogP contribution in [-0.2, 0) is 38.8 Å². The highest BCUT2D eigenvalue weighted by molar-refractivity contribution is 5.15. The van der Waals surface area contributed by atoms with E-state index in [1.165, 1.54) is 0 Å². The maximum Gasteiger partial charge on any atom is 0.219 e. The predicted molar refractivity (Wildman–Crippen MR) is 123 cm³/mol. The van der Waals surface area contributed by atoms with Crippen LogP contribution >= 0.6 is 0 Å². The first kappa shape index (κ1) is 23.6. The van der Waals surface area contributed by atoms with E-state index in [0.29, 0.717) is 13.2 Å². The Morgan fingerprint density at radius 2 is 1.18 bits per heavy atom. The summed E-state index contributed by atoms with van der Waals surface area (Å²) >= 11 is 0. The summed E-state index contributed by atoms with van der Waals surface area (Å²) in [4.78, 5) is 0. The SMILES string of the molecule is OC[C@H]1O[C@](O)(COCc2ccccc2)[C@@H](OCc2ccccc2)[C@@H]1OCc1ccccc1. The van der Waals surface area contributed by atoms with Crippen LogP contribution in [0, 0.1) is 0 Å². The van der Waals surface area contributed by atoms with E-state index < -0.39 is 24.1 Å².